The summed E-state index contributed by atoms with van der Waals surface area (Å²) in [5, 5.41) is 5.28. The first kappa shape index (κ1) is 22.3. The Morgan fingerprint density at radius 1 is 1.03 bits per heavy atom. The lowest BCUT2D eigenvalue weighted by Crippen LogP contribution is -2.52. The molecule has 0 saturated carbocycles. The van der Waals surface area contributed by atoms with Crippen molar-refractivity contribution in [2.75, 3.05) is 38.2 Å². The molecule has 1 aromatic heterocycles. The molecule has 4 rings (SSSR count). The maximum absolute atomic E-state index is 13.3. The Labute approximate surface area is 192 Å². The molecule has 1 aliphatic heterocycles. The van der Waals surface area contributed by atoms with Crippen molar-refractivity contribution in [3.05, 3.63) is 82.3 Å². The Balaban J connectivity index is 1.44. The van der Waals surface area contributed by atoms with Crippen molar-refractivity contribution in [3.8, 4) is 5.75 Å². The summed E-state index contributed by atoms with van der Waals surface area (Å²) >= 11 is 1.71. The first-order valence-electron chi connectivity index (χ1n) is 10.8. The number of ether oxygens (including phenoxy) is 1. The highest BCUT2D eigenvalue weighted by molar-refractivity contribution is 7.10. The minimum Gasteiger partial charge on any atom is -0.497 e. The molecule has 0 bridgehead atoms. The fraction of sp³-hybridized carbons (Fsp3) is 0.320. The average Bonchev–Trinajstić information content (AvgIpc) is 3.34. The maximum Gasteiger partial charge on any atom is 0.251 e. The van der Waals surface area contributed by atoms with Crippen molar-refractivity contribution in [2.45, 2.75) is 19.0 Å². The van der Waals surface area contributed by atoms with Crippen LogP contribution in [0.5, 0.6) is 5.75 Å². The molecule has 168 valence electrons. The molecule has 2 aromatic carbocycles. The van der Waals surface area contributed by atoms with E-state index < -0.39 is 0 Å². The fourth-order valence-electron chi connectivity index (χ4n) is 4.22. The number of piperazine rings is 1. The summed E-state index contributed by atoms with van der Waals surface area (Å²) in [5.74, 6) is 0.420. The first-order valence-corrected chi connectivity index (χ1v) is 11.7. The summed E-state index contributed by atoms with van der Waals surface area (Å²) in [6.07, 6.45) is 0. The molecule has 1 amide bonds. The molecule has 0 radical (unpaired) electrons. The highest BCUT2D eigenvalue weighted by atomic mass is 32.1. The predicted octanol–water partition coefficient (Wildman–Crippen LogP) is 4.58. The van der Waals surface area contributed by atoms with Crippen molar-refractivity contribution in [1.29, 1.82) is 0 Å². The number of amides is 1. The zero-order valence-corrected chi connectivity index (χ0v) is 19.1. The van der Waals surface area contributed by atoms with Crippen LogP contribution >= 0.6 is 11.3 Å². The highest BCUT2D eigenvalue weighted by Gasteiger charge is 2.31. The van der Waals surface area contributed by atoms with E-state index in [1.54, 1.807) is 42.7 Å². The van der Waals surface area contributed by atoms with Crippen LogP contribution < -0.4 is 15.0 Å². The van der Waals surface area contributed by atoms with Gasteiger partial charge in [-0.25, -0.2) is 4.39 Å². The number of hydrogen-bond acceptors (Lipinski definition) is 5. The van der Waals surface area contributed by atoms with E-state index in [4.69, 9.17) is 4.74 Å². The van der Waals surface area contributed by atoms with E-state index in [1.165, 1.54) is 17.0 Å². The summed E-state index contributed by atoms with van der Waals surface area (Å²) in [6, 6.07) is 18.0. The molecule has 3 aromatic rings. The molecule has 2 atom stereocenters. The van der Waals surface area contributed by atoms with Crippen LogP contribution in [0.1, 0.15) is 28.2 Å². The number of thiophene rings is 1. The Morgan fingerprint density at radius 2 is 1.72 bits per heavy atom. The van der Waals surface area contributed by atoms with Gasteiger partial charge in [-0.1, -0.05) is 6.07 Å². The van der Waals surface area contributed by atoms with Crippen molar-refractivity contribution >= 4 is 22.9 Å². The zero-order chi connectivity index (χ0) is 22.5. The number of benzene rings is 2. The summed E-state index contributed by atoms with van der Waals surface area (Å²) in [4.78, 5) is 18.8. The molecular formula is C25H28FN3O2S. The van der Waals surface area contributed by atoms with Gasteiger partial charge in [0.15, 0.2) is 0 Å². The van der Waals surface area contributed by atoms with Crippen LogP contribution in [0.2, 0.25) is 0 Å². The molecule has 1 aliphatic rings. The van der Waals surface area contributed by atoms with Crippen LogP contribution in [0.25, 0.3) is 0 Å². The number of nitrogens with one attached hydrogen (secondary N) is 1. The topological polar surface area (TPSA) is 44.8 Å². The van der Waals surface area contributed by atoms with E-state index >= 15 is 0 Å². The molecule has 0 aliphatic carbocycles. The summed E-state index contributed by atoms with van der Waals surface area (Å²) in [7, 11) is 1.61. The van der Waals surface area contributed by atoms with Crippen molar-refractivity contribution < 1.29 is 13.9 Å². The van der Waals surface area contributed by atoms with Crippen LogP contribution in [0.4, 0.5) is 10.1 Å². The van der Waals surface area contributed by atoms with E-state index in [2.05, 4.69) is 39.6 Å². The Hall–Kier alpha value is -2.90. The van der Waals surface area contributed by atoms with Gasteiger partial charge in [0.25, 0.3) is 5.91 Å². The minimum absolute atomic E-state index is 0.0689. The Bertz CT molecular complexity index is 1000. The lowest BCUT2D eigenvalue weighted by atomic mass is 10.0. The van der Waals surface area contributed by atoms with Crippen LogP contribution in [0.15, 0.2) is 66.0 Å². The standard InChI is InChI=1S/C25H28FN3O2S/c1-18(27-25(30)19-5-11-22(31-2)12-6-19)24(23-4-3-17-32-23)29-15-13-28(14-16-29)21-9-7-20(26)8-10-21/h3-12,17-18,24H,13-16H2,1-2H3,(H,27,30)/t18-,24-/m1/s1. The zero-order valence-electron chi connectivity index (χ0n) is 18.3. The Kier molecular flexibility index (Phi) is 7.07. The van der Waals surface area contributed by atoms with Gasteiger partial charge >= 0.3 is 0 Å². The molecule has 1 saturated heterocycles. The number of carbonyl (C=O) groups is 1. The third-order valence-electron chi connectivity index (χ3n) is 5.92. The van der Waals surface area contributed by atoms with E-state index in [-0.39, 0.29) is 23.8 Å². The lowest BCUT2D eigenvalue weighted by molar-refractivity contribution is 0.0890. The number of hydrogen-bond donors (Lipinski definition) is 1. The van der Waals surface area contributed by atoms with Crippen molar-refractivity contribution in [3.63, 3.8) is 0 Å². The number of rotatable bonds is 7. The highest BCUT2D eigenvalue weighted by Crippen LogP contribution is 2.30. The van der Waals surface area contributed by atoms with Gasteiger partial charge in [-0.15, -0.1) is 11.3 Å². The van der Waals surface area contributed by atoms with Gasteiger partial charge in [0.05, 0.1) is 13.2 Å². The van der Waals surface area contributed by atoms with E-state index in [0.717, 1.165) is 37.6 Å². The van der Waals surface area contributed by atoms with Crippen LogP contribution in [-0.2, 0) is 0 Å². The van der Waals surface area contributed by atoms with Gasteiger partial charge in [-0.2, -0.15) is 0 Å². The second-order valence-corrected chi connectivity index (χ2v) is 8.93. The molecule has 0 spiro atoms. The molecule has 1 N–H and O–H groups in total. The average molecular weight is 454 g/mol. The van der Waals surface area contributed by atoms with Crippen molar-refractivity contribution in [2.24, 2.45) is 0 Å². The monoisotopic (exact) mass is 453 g/mol. The Morgan fingerprint density at radius 3 is 2.31 bits per heavy atom. The van der Waals surface area contributed by atoms with Crippen LogP contribution in [-0.4, -0.2) is 50.1 Å². The van der Waals surface area contributed by atoms with Gasteiger partial charge in [-0.3, -0.25) is 9.69 Å². The first-order chi connectivity index (χ1) is 15.5. The number of carbonyl (C=O) groups excluding carboxylic acids is 1. The third-order valence-corrected chi connectivity index (χ3v) is 6.86. The molecule has 0 unspecified atom stereocenters. The van der Waals surface area contributed by atoms with E-state index in [1.807, 2.05) is 12.1 Å². The number of anilines is 1. The normalized spacial score (nSPS) is 16.4. The number of nitrogens with zero attached hydrogens (tertiary/aromatic N) is 2. The second kappa shape index (κ2) is 10.1. The van der Waals surface area contributed by atoms with Gasteiger partial charge < -0.3 is 15.0 Å². The minimum atomic E-state index is -0.216. The quantitative estimate of drug-likeness (QED) is 0.569. The predicted molar refractivity (Wildman–Crippen MR) is 127 cm³/mol. The summed E-state index contributed by atoms with van der Waals surface area (Å²) in [6.45, 7) is 5.50. The van der Waals surface area contributed by atoms with Crippen LogP contribution in [0, 0.1) is 5.82 Å². The lowest BCUT2D eigenvalue weighted by Gasteiger charge is -2.42. The molecular weight excluding hydrogens is 425 g/mol. The molecule has 1 fully saturated rings. The largest absolute Gasteiger partial charge is 0.497 e. The van der Waals surface area contributed by atoms with E-state index in [9.17, 15) is 9.18 Å². The van der Waals surface area contributed by atoms with Gasteiger partial charge in [0.2, 0.25) is 0 Å². The van der Waals surface area contributed by atoms with Gasteiger partial charge in [-0.05, 0) is 66.9 Å². The third kappa shape index (κ3) is 5.11. The summed E-state index contributed by atoms with van der Waals surface area (Å²) in [5.41, 5.74) is 1.66. The summed E-state index contributed by atoms with van der Waals surface area (Å²) < 4.78 is 18.4. The van der Waals surface area contributed by atoms with Gasteiger partial charge in [0, 0.05) is 48.3 Å². The molecule has 2 heterocycles. The number of methoxy groups -OCH3 is 1. The number of halogens is 1. The SMILES string of the molecule is COc1ccc(C(=O)N[C@H](C)[C@H](c2cccs2)N2CCN(c3ccc(F)cc3)CC2)cc1. The smallest absolute Gasteiger partial charge is 0.251 e. The van der Waals surface area contributed by atoms with Crippen molar-refractivity contribution in [1.82, 2.24) is 10.2 Å². The molecule has 32 heavy (non-hydrogen) atoms. The second-order valence-electron chi connectivity index (χ2n) is 7.95. The fourth-order valence-corrected chi connectivity index (χ4v) is 5.19. The van der Waals surface area contributed by atoms with E-state index in [0.29, 0.717) is 5.56 Å². The van der Waals surface area contributed by atoms with Gasteiger partial charge in [0.1, 0.15) is 11.6 Å². The van der Waals surface area contributed by atoms with Crippen LogP contribution in [0.3, 0.4) is 0 Å². The molecule has 5 nitrogen and oxygen atoms in total. The maximum atomic E-state index is 13.3. The molecule has 7 heteroatoms.